The summed E-state index contributed by atoms with van der Waals surface area (Å²) in [7, 11) is 4.73. The highest BCUT2D eigenvalue weighted by molar-refractivity contribution is 6.10. The largest absolute Gasteiger partial charge is 0.497 e. The van der Waals surface area contributed by atoms with Crippen LogP contribution in [-0.2, 0) is 6.54 Å². The van der Waals surface area contributed by atoms with E-state index in [1.165, 1.54) is 0 Å². The number of hydrogen-bond donors (Lipinski definition) is 0. The second kappa shape index (κ2) is 8.98. The lowest BCUT2D eigenvalue weighted by atomic mass is 10.0. The molecule has 0 fully saturated rings. The standard InChI is InChI=1S/C26H23NO5/c1-30-19-8-4-17(5-9-19)15-27-16-23(25(28)18-6-10-20(31-2)11-7-18)26(29)22-14-21(32-3)12-13-24(22)27/h4-14,16H,15H2,1-3H3. The third-order valence-electron chi connectivity index (χ3n) is 5.40. The van der Waals surface area contributed by atoms with Gasteiger partial charge in [-0.2, -0.15) is 0 Å². The number of fused-ring (bicyclic) bond motifs is 1. The van der Waals surface area contributed by atoms with Crippen molar-refractivity contribution < 1.29 is 19.0 Å². The molecule has 3 aromatic carbocycles. The van der Waals surface area contributed by atoms with E-state index in [9.17, 15) is 9.59 Å². The number of aromatic nitrogens is 1. The molecule has 0 amide bonds. The summed E-state index contributed by atoms with van der Waals surface area (Å²) in [6, 6.07) is 19.7. The summed E-state index contributed by atoms with van der Waals surface area (Å²) in [5, 5.41) is 0.428. The fourth-order valence-electron chi connectivity index (χ4n) is 3.62. The third kappa shape index (κ3) is 4.07. The summed E-state index contributed by atoms with van der Waals surface area (Å²) in [5.74, 6) is 1.62. The van der Waals surface area contributed by atoms with Crippen molar-refractivity contribution in [3.63, 3.8) is 0 Å². The molecule has 0 atom stereocenters. The van der Waals surface area contributed by atoms with E-state index >= 15 is 0 Å². The molecular weight excluding hydrogens is 406 g/mol. The summed E-state index contributed by atoms with van der Waals surface area (Å²) < 4.78 is 17.6. The van der Waals surface area contributed by atoms with Gasteiger partial charge in [-0.05, 0) is 60.2 Å². The number of ketones is 1. The lowest BCUT2D eigenvalue weighted by Crippen LogP contribution is -2.20. The highest BCUT2D eigenvalue weighted by atomic mass is 16.5. The molecule has 4 aromatic rings. The molecule has 1 heterocycles. The number of carbonyl (C=O) groups is 1. The van der Waals surface area contributed by atoms with Crippen molar-refractivity contribution in [1.29, 1.82) is 0 Å². The predicted molar refractivity (Wildman–Crippen MR) is 123 cm³/mol. The Labute approximate surface area is 185 Å². The first kappa shape index (κ1) is 21.2. The van der Waals surface area contributed by atoms with Crippen molar-refractivity contribution in [2.75, 3.05) is 21.3 Å². The van der Waals surface area contributed by atoms with E-state index in [0.29, 0.717) is 29.0 Å². The molecule has 0 bridgehead atoms. The number of nitrogens with zero attached hydrogens (tertiary/aromatic N) is 1. The van der Waals surface area contributed by atoms with E-state index in [1.54, 1.807) is 63.9 Å². The van der Waals surface area contributed by atoms with Crippen molar-refractivity contribution in [3.05, 3.63) is 99.8 Å². The fraction of sp³-hybridized carbons (Fsp3) is 0.154. The molecule has 0 radical (unpaired) electrons. The summed E-state index contributed by atoms with van der Waals surface area (Å²) in [6.45, 7) is 0.482. The topological polar surface area (TPSA) is 66.8 Å². The first-order chi connectivity index (χ1) is 15.5. The van der Waals surface area contributed by atoms with Crippen LogP contribution in [-0.4, -0.2) is 31.7 Å². The molecule has 162 valence electrons. The number of pyridine rings is 1. The number of ether oxygens (including phenoxy) is 3. The SMILES string of the molecule is COc1ccc(Cn2cc(C(=O)c3ccc(OC)cc3)c(=O)c3cc(OC)ccc32)cc1. The maximum absolute atomic E-state index is 13.3. The number of hydrogen-bond acceptors (Lipinski definition) is 5. The van der Waals surface area contributed by atoms with Gasteiger partial charge >= 0.3 is 0 Å². The minimum Gasteiger partial charge on any atom is -0.497 e. The van der Waals surface area contributed by atoms with Gasteiger partial charge in [0.25, 0.3) is 0 Å². The second-order valence-electron chi connectivity index (χ2n) is 7.29. The first-order valence-corrected chi connectivity index (χ1v) is 10.1. The Morgan fingerprint density at radius 2 is 1.34 bits per heavy atom. The fourth-order valence-corrected chi connectivity index (χ4v) is 3.62. The van der Waals surface area contributed by atoms with Gasteiger partial charge in [-0.3, -0.25) is 9.59 Å². The highest BCUT2D eigenvalue weighted by Crippen LogP contribution is 2.22. The average Bonchev–Trinajstić information content (AvgIpc) is 2.85. The molecule has 6 nitrogen and oxygen atoms in total. The Bertz CT molecular complexity index is 1320. The molecule has 0 spiro atoms. The summed E-state index contributed by atoms with van der Waals surface area (Å²) in [5.41, 5.74) is 1.92. The van der Waals surface area contributed by atoms with Gasteiger partial charge in [-0.25, -0.2) is 0 Å². The van der Waals surface area contributed by atoms with Gasteiger partial charge in [0.2, 0.25) is 5.43 Å². The number of carbonyl (C=O) groups excluding carboxylic acids is 1. The van der Waals surface area contributed by atoms with Crippen LogP contribution in [0, 0.1) is 0 Å². The van der Waals surface area contributed by atoms with Crippen molar-refractivity contribution in [1.82, 2.24) is 4.57 Å². The number of rotatable bonds is 7. The Morgan fingerprint density at radius 1 is 0.781 bits per heavy atom. The predicted octanol–water partition coefficient (Wildman–Crippen LogP) is 4.31. The lowest BCUT2D eigenvalue weighted by Gasteiger charge is -2.15. The summed E-state index contributed by atoms with van der Waals surface area (Å²) in [4.78, 5) is 26.5. The van der Waals surface area contributed by atoms with Crippen molar-refractivity contribution in [2.24, 2.45) is 0 Å². The second-order valence-corrected chi connectivity index (χ2v) is 7.29. The van der Waals surface area contributed by atoms with E-state index in [1.807, 2.05) is 34.9 Å². The zero-order valence-electron chi connectivity index (χ0n) is 18.1. The van der Waals surface area contributed by atoms with Crippen LogP contribution in [0.1, 0.15) is 21.5 Å². The van der Waals surface area contributed by atoms with Crippen molar-refractivity contribution >= 4 is 16.7 Å². The van der Waals surface area contributed by atoms with E-state index in [0.717, 1.165) is 16.8 Å². The summed E-state index contributed by atoms with van der Waals surface area (Å²) in [6.07, 6.45) is 1.63. The van der Waals surface area contributed by atoms with Crippen LogP contribution in [0.4, 0.5) is 0 Å². The monoisotopic (exact) mass is 429 g/mol. The minimum atomic E-state index is -0.342. The molecular formula is C26H23NO5. The van der Waals surface area contributed by atoms with Crippen molar-refractivity contribution in [2.45, 2.75) is 6.54 Å². The van der Waals surface area contributed by atoms with Crippen LogP contribution in [0.15, 0.2) is 77.7 Å². The maximum atomic E-state index is 13.3. The maximum Gasteiger partial charge on any atom is 0.200 e. The molecule has 0 saturated heterocycles. The lowest BCUT2D eigenvalue weighted by molar-refractivity contribution is 0.103. The van der Waals surface area contributed by atoms with Crippen LogP contribution >= 0.6 is 0 Å². The zero-order valence-corrected chi connectivity index (χ0v) is 18.1. The number of methoxy groups -OCH3 is 3. The van der Waals surface area contributed by atoms with Gasteiger partial charge in [0.15, 0.2) is 5.78 Å². The Balaban J connectivity index is 1.85. The number of benzene rings is 3. The third-order valence-corrected chi connectivity index (χ3v) is 5.40. The van der Waals surface area contributed by atoms with E-state index < -0.39 is 0 Å². The zero-order chi connectivity index (χ0) is 22.7. The Kier molecular flexibility index (Phi) is 5.94. The Hall–Kier alpha value is -4.06. The van der Waals surface area contributed by atoms with Crippen molar-refractivity contribution in [3.8, 4) is 17.2 Å². The minimum absolute atomic E-state index is 0.101. The summed E-state index contributed by atoms with van der Waals surface area (Å²) >= 11 is 0. The molecule has 0 aliphatic heterocycles. The van der Waals surface area contributed by atoms with Crippen LogP contribution < -0.4 is 19.6 Å². The quantitative estimate of drug-likeness (QED) is 0.410. The normalized spacial score (nSPS) is 10.7. The molecule has 6 heteroatoms. The molecule has 0 saturated carbocycles. The van der Waals surface area contributed by atoms with E-state index in [2.05, 4.69) is 0 Å². The van der Waals surface area contributed by atoms with Gasteiger partial charge in [-0.1, -0.05) is 12.1 Å². The van der Waals surface area contributed by atoms with Gasteiger partial charge in [0.1, 0.15) is 17.2 Å². The van der Waals surface area contributed by atoms with Gasteiger partial charge in [-0.15, -0.1) is 0 Å². The van der Waals surface area contributed by atoms with Crippen LogP contribution in [0.3, 0.4) is 0 Å². The molecule has 4 rings (SSSR count). The van der Waals surface area contributed by atoms with Crippen LogP contribution in [0.2, 0.25) is 0 Å². The molecule has 0 aliphatic carbocycles. The van der Waals surface area contributed by atoms with Gasteiger partial charge < -0.3 is 18.8 Å². The molecule has 0 unspecified atom stereocenters. The van der Waals surface area contributed by atoms with E-state index in [-0.39, 0.29) is 16.8 Å². The van der Waals surface area contributed by atoms with Crippen LogP contribution in [0.25, 0.3) is 10.9 Å². The molecule has 0 aliphatic rings. The Morgan fingerprint density at radius 3 is 1.94 bits per heavy atom. The molecule has 32 heavy (non-hydrogen) atoms. The smallest absolute Gasteiger partial charge is 0.200 e. The first-order valence-electron chi connectivity index (χ1n) is 10.1. The molecule has 0 N–H and O–H groups in total. The highest BCUT2D eigenvalue weighted by Gasteiger charge is 2.18. The van der Waals surface area contributed by atoms with Crippen LogP contribution in [0.5, 0.6) is 17.2 Å². The van der Waals surface area contributed by atoms with E-state index in [4.69, 9.17) is 14.2 Å². The average molecular weight is 429 g/mol. The van der Waals surface area contributed by atoms with Gasteiger partial charge in [0, 0.05) is 18.3 Å². The van der Waals surface area contributed by atoms with Gasteiger partial charge in [0.05, 0.1) is 37.8 Å². The molecule has 1 aromatic heterocycles.